The third-order valence-electron chi connectivity index (χ3n) is 5.39. The van der Waals surface area contributed by atoms with E-state index < -0.39 is 0 Å². The Hall–Kier alpha value is -2.41. The molecule has 2 aromatic carbocycles. The summed E-state index contributed by atoms with van der Waals surface area (Å²) in [5.74, 6) is 2.13. The molecule has 0 aromatic heterocycles. The van der Waals surface area contributed by atoms with Crippen molar-refractivity contribution in [1.82, 2.24) is 4.90 Å². The molecular formula is C24H31BrN2O4. The van der Waals surface area contributed by atoms with E-state index >= 15 is 0 Å². The largest absolute Gasteiger partial charge is 0.496 e. The molecule has 0 spiro atoms. The van der Waals surface area contributed by atoms with Crippen LogP contribution in [0.4, 0.5) is 10.5 Å². The second-order valence-electron chi connectivity index (χ2n) is 7.56. The molecule has 0 bridgehead atoms. The summed E-state index contributed by atoms with van der Waals surface area (Å²) in [6, 6.07) is 11.6. The molecule has 0 saturated carbocycles. The normalized spacial score (nSPS) is 14.0. The van der Waals surface area contributed by atoms with Gasteiger partial charge < -0.3 is 19.1 Å². The number of methoxy groups -OCH3 is 2. The molecule has 6 nitrogen and oxygen atoms in total. The van der Waals surface area contributed by atoms with E-state index in [1.54, 1.807) is 14.2 Å². The molecular weight excluding hydrogens is 460 g/mol. The van der Waals surface area contributed by atoms with Crippen molar-refractivity contribution in [3.8, 4) is 17.2 Å². The summed E-state index contributed by atoms with van der Waals surface area (Å²) in [5.41, 5.74) is 1.80. The van der Waals surface area contributed by atoms with E-state index in [4.69, 9.17) is 14.2 Å². The van der Waals surface area contributed by atoms with E-state index in [0.717, 1.165) is 47.2 Å². The highest BCUT2D eigenvalue weighted by Gasteiger charge is 2.28. The van der Waals surface area contributed by atoms with Gasteiger partial charge in [-0.1, -0.05) is 41.8 Å². The maximum absolute atomic E-state index is 13.3. The Morgan fingerprint density at radius 2 is 1.77 bits per heavy atom. The smallest absolute Gasteiger partial charge is 0.324 e. The van der Waals surface area contributed by atoms with Crippen LogP contribution in [0.5, 0.6) is 17.2 Å². The summed E-state index contributed by atoms with van der Waals surface area (Å²) in [7, 11) is 3.28. The van der Waals surface area contributed by atoms with Crippen molar-refractivity contribution in [3.63, 3.8) is 0 Å². The van der Waals surface area contributed by atoms with Crippen LogP contribution in [0, 0.1) is 0 Å². The van der Waals surface area contributed by atoms with Gasteiger partial charge in [-0.05, 0) is 37.1 Å². The predicted octanol–water partition coefficient (Wildman–Crippen LogP) is 5.87. The van der Waals surface area contributed by atoms with Crippen LogP contribution in [0.25, 0.3) is 0 Å². The van der Waals surface area contributed by atoms with Crippen molar-refractivity contribution >= 4 is 27.6 Å². The van der Waals surface area contributed by atoms with Gasteiger partial charge in [0.25, 0.3) is 0 Å². The number of hydrogen-bond acceptors (Lipinski definition) is 4. The first-order valence-electron chi connectivity index (χ1n) is 10.8. The number of rotatable bonds is 10. The molecule has 0 unspecified atom stereocenters. The quantitative estimate of drug-likeness (QED) is 0.391. The zero-order valence-corrected chi connectivity index (χ0v) is 20.1. The lowest BCUT2D eigenvalue weighted by Gasteiger charge is -2.36. The summed E-state index contributed by atoms with van der Waals surface area (Å²) >= 11 is 3.47. The van der Waals surface area contributed by atoms with Crippen LogP contribution in [-0.2, 0) is 6.54 Å². The molecule has 1 aliphatic rings. The molecule has 168 valence electrons. The first kappa shape index (κ1) is 23.3. The molecule has 1 heterocycles. The van der Waals surface area contributed by atoms with Crippen molar-refractivity contribution in [1.29, 1.82) is 0 Å². The minimum absolute atomic E-state index is 0.0154. The maximum Gasteiger partial charge on any atom is 0.324 e. The number of benzene rings is 2. The van der Waals surface area contributed by atoms with Gasteiger partial charge in [0, 0.05) is 34.9 Å². The van der Waals surface area contributed by atoms with E-state index in [0.29, 0.717) is 37.7 Å². The maximum atomic E-state index is 13.3. The Morgan fingerprint density at radius 1 is 0.968 bits per heavy atom. The summed E-state index contributed by atoms with van der Waals surface area (Å²) in [6.45, 7) is 4.69. The van der Waals surface area contributed by atoms with Crippen LogP contribution >= 0.6 is 15.9 Å². The molecule has 0 radical (unpaired) electrons. The molecule has 2 amide bonds. The van der Waals surface area contributed by atoms with E-state index in [1.165, 1.54) is 0 Å². The molecule has 3 rings (SSSR count). The average Bonchev–Trinajstić information content (AvgIpc) is 2.79. The zero-order valence-electron chi connectivity index (χ0n) is 18.5. The van der Waals surface area contributed by atoms with Gasteiger partial charge in [0.05, 0.1) is 27.4 Å². The Kier molecular flexibility index (Phi) is 8.46. The van der Waals surface area contributed by atoms with E-state index in [9.17, 15) is 4.79 Å². The Bertz CT molecular complexity index is 890. The van der Waals surface area contributed by atoms with Crippen LogP contribution in [0.3, 0.4) is 0 Å². The van der Waals surface area contributed by atoms with Crippen LogP contribution < -0.4 is 19.1 Å². The van der Waals surface area contributed by atoms with Crippen molar-refractivity contribution in [2.45, 2.75) is 39.2 Å². The van der Waals surface area contributed by atoms with Gasteiger partial charge in [0.15, 0.2) is 11.5 Å². The summed E-state index contributed by atoms with van der Waals surface area (Å²) in [5, 5.41) is 0. The van der Waals surface area contributed by atoms with Gasteiger partial charge >= 0.3 is 6.03 Å². The predicted molar refractivity (Wildman–Crippen MR) is 126 cm³/mol. The van der Waals surface area contributed by atoms with Gasteiger partial charge in [0.1, 0.15) is 5.75 Å². The summed E-state index contributed by atoms with van der Waals surface area (Å²) in [4.78, 5) is 17.0. The molecule has 1 aliphatic heterocycles. The highest BCUT2D eigenvalue weighted by atomic mass is 79.9. The average molecular weight is 491 g/mol. The molecule has 0 N–H and O–H groups in total. The SMILES string of the molecule is CCCCCOc1cc(N2CCCN(Cc3ccc(Br)cc3OC)C2=O)ccc1OC. The second kappa shape index (κ2) is 11.3. The summed E-state index contributed by atoms with van der Waals surface area (Å²) in [6.07, 6.45) is 4.15. The number of urea groups is 1. The summed E-state index contributed by atoms with van der Waals surface area (Å²) < 4.78 is 17.9. The fraction of sp³-hybridized carbons (Fsp3) is 0.458. The topological polar surface area (TPSA) is 51.2 Å². The standard InChI is InChI=1S/C24H31BrN2O4/c1-4-5-6-14-31-23-16-20(10-11-21(23)29-2)27-13-7-12-26(24(27)28)17-18-8-9-19(25)15-22(18)30-3/h8-11,15-16H,4-7,12-14,17H2,1-3H3. The van der Waals surface area contributed by atoms with Gasteiger partial charge in [-0.25, -0.2) is 4.79 Å². The molecule has 2 aromatic rings. The lowest BCUT2D eigenvalue weighted by molar-refractivity contribution is 0.191. The number of carbonyl (C=O) groups excluding carboxylic acids is 1. The molecule has 7 heteroatoms. The van der Waals surface area contributed by atoms with Crippen molar-refractivity contribution in [2.24, 2.45) is 0 Å². The van der Waals surface area contributed by atoms with Gasteiger partial charge in [-0.15, -0.1) is 0 Å². The molecule has 31 heavy (non-hydrogen) atoms. The molecule has 0 aliphatic carbocycles. The fourth-order valence-corrected chi connectivity index (χ4v) is 4.04. The van der Waals surface area contributed by atoms with Crippen LogP contribution in [-0.4, -0.2) is 44.8 Å². The fourth-order valence-electron chi connectivity index (χ4n) is 3.70. The molecule has 1 fully saturated rings. The third kappa shape index (κ3) is 5.85. The Balaban J connectivity index is 1.76. The first-order chi connectivity index (χ1) is 15.1. The zero-order chi connectivity index (χ0) is 22.2. The van der Waals surface area contributed by atoms with E-state index in [1.807, 2.05) is 46.2 Å². The highest BCUT2D eigenvalue weighted by molar-refractivity contribution is 9.10. The van der Waals surface area contributed by atoms with Crippen molar-refractivity contribution < 1.29 is 19.0 Å². The minimum Gasteiger partial charge on any atom is -0.496 e. The number of unbranched alkanes of at least 4 members (excludes halogenated alkanes) is 2. The van der Waals surface area contributed by atoms with Crippen LogP contribution in [0.1, 0.15) is 38.2 Å². The lowest BCUT2D eigenvalue weighted by atomic mass is 10.1. The number of carbonyl (C=O) groups is 1. The second-order valence-corrected chi connectivity index (χ2v) is 8.47. The number of nitrogens with zero attached hydrogens (tertiary/aromatic N) is 2. The Morgan fingerprint density at radius 3 is 2.52 bits per heavy atom. The monoisotopic (exact) mass is 490 g/mol. The van der Waals surface area contributed by atoms with Gasteiger partial charge in [0.2, 0.25) is 0 Å². The molecule has 1 saturated heterocycles. The number of halogens is 1. The van der Waals surface area contributed by atoms with E-state index in [-0.39, 0.29) is 6.03 Å². The first-order valence-corrected chi connectivity index (χ1v) is 11.6. The van der Waals surface area contributed by atoms with Gasteiger partial charge in [-0.3, -0.25) is 4.90 Å². The lowest BCUT2D eigenvalue weighted by Crippen LogP contribution is -2.49. The van der Waals surface area contributed by atoms with Crippen molar-refractivity contribution in [3.05, 3.63) is 46.4 Å². The van der Waals surface area contributed by atoms with Crippen LogP contribution in [0.2, 0.25) is 0 Å². The van der Waals surface area contributed by atoms with E-state index in [2.05, 4.69) is 22.9 Å². The minimum atomic E-state index is -0.0154. The van der Waals surface area contributed by atoms with Crippen molar-refractivity contribution in [2.75, 3.05) is 38.8 Å². The molecule has 0 atom stereocenters. The number of hydrogen-bond donors (Lipinski definition) is 0. The van der Waals surface area contributed by atoms with Gasteiger partial charge in [-0.2, -0.15) is 0 Å². The van der Waals surface area contributed by atoms with Crippen LogP contribution in [0.15, 0.2) is 40.9 Å². The number of ether oxygens (including phenoxy) is 3. The number of anilines is 1. The third-order valence-corrected chi connectivity index (χ3v) is 5.88. The number of amides is 2. The Labute approximate surface area is 193 Å². The highest BCUT2D eigenvalue weighted by Crippen LogP contribution is 2.34.